The van der Waals surface area contributed by atoms with Gasteiger partial charge in [-0.2, -0.15) is 0 Å². The van der Waals surface area contributed by atoms with Crippen LogP contribution in [-0.2, 0) is 4.74 Å². The highest BCUT2D eigenvalue weighted by atomic mass is 16.5. The molecule has 0 amide bonds. The molecule has 0 saturated carbocycles. The normalized spacial score (nSPS) is 11.1. The maximum atomic E-state index is 13.6. The number of benzene rings is 3. The van der Waals surface area contributed by atoms with Crippen LogP contribution in [0, 0.1) is 0 Å². The number of H-pyrrole nitrogens is 1. The Bertz CT molecular complexity index is 1530. The van der Waals surface area contributed by atoms with Gasteiger partial charge in [0.2, 0.25) is 0 Å². The molecule has 32 heavy (non-hydrogen) atoms. The molecule has 2 aromatic heterocycles. The second-order valence-corrected chi connectivity index (χ2v) is 7.25. The van der Waals surface area contributed by atoms with Crippen LogP contribution in [0.3, 0.4) is 0 Å². The van der Waals surface area contributed by atoms with E-state index in [1.54, 1.807) is 31.4 Å². The fraction of sp³-hybridized carbons (Fsp3) is 0.0800. The van der Waals surface area contributed by atoms with Gasteiger partial charge in [-0.05, 0) is 48.5 Å². The molecule has 0 bridgehead atoms. The van der Waals surface area contributed by atoms with Gasteiger partial charge in [-0.3, -0.25) is 9.89 Å². The Morgan fingerprint density at radius 1 is 0.969 bits per heavy atom. The first-order valence-electron chi connectivity index (χ1n) is 9.97. The molecule has 7 nitrogen and oxygen atoms in total. The molecule has 0 radical (unpaired) electrons. The number of nitrogens with zero attached hydrogens (tertiary/aromatic N) is 2. The van der Waals surface area contributed by atoms with Gasteiger partial charge in [-0.1, -0.05) is 24.3 Å². The van der Waals surface area contributed by atoms with E-state index in [1.807, 2.05) is 48.5 Å². The van der Waals surface area contributed by atoms with Crippen molar-refractivity contribution in [3.63, 3.8) is 0 Å². The van der Waals surface area contributed by atoms with E-state index in [2.05, 4.69) is 5.10 Å². The third-order valence-electron chi connectivity index (χ3n) is 5.42. The van der Waals surface area contributed by atoms with Crippen molar-refractivity contribution in [1.82, 2.24) is 14.8 Å². The molecule has 0 aliphatic rings. The number of methoxy groups -OCH3 is 2. The first-order valence-corrected chi connectivity index (χ1v) is 9.97. The Kier molecular flexibility index (Phi) is 4.71. The molecule has 2 heterocycles. The zero-order chi connectivity index (χ0) is 22.2. The van der Waals surface area contributed by atoms with Gasteiger partial charge in [0.25, 0.3) is 5.56 Å². The summed E-state index contributed by atoms with van der Waals surface area (Å²) >= 11 is 0. The molecule has 0 aliphatic heterocycles. The van der Waals surface area contributed by atoms with E-state index in [0.29, 0.717) is 27.8 Å². The monoisotopic (exact) mass is 425 g/mol. The Morgan fingerprint density at radius 3 is 2.50 bits per heavy atom. The number of hydrogen-bond acceptors (Lipinski definition) is 5. The van der Waals surface area contributed by atoms with Crippen molar-refractivity contribution in [2.45, 2.75) is 0 Å². The van der Waals surface area contributed by atoms with Crippen LogP contribution in [0.2, 0.25) is 0 Å². The fourth-order valence-electron chi connectivity index (χ4n) is 3.84. The van der Waals surface area contributed by atoms with Gasteiger partial charge in [0.05, 0.1) is 47.6 Å². The van der Waals surface area contributed by atoms with Crippen molar-refractivity contribution in [2.75, 3.05) is 14.2 Å². The molecule has 5 aromatic rings. The quantitative estimate of drug-likeness (QED) is 0.433. The van der Waals surface area contributed by atoms with Crippen LogP contribution in [0.5, 0.6) is 5.75 Å². The predicted molar refractivity (Wildman–Crippen MR) is 123 cm³/mol. The molecule has 158 valence electrons. The van der Waals surface area contributed by atoms with E-state index in [0.717, 1.165) is 22.2 Å². The molecule has 3 aromatic carbocycles. The summed E-state index contributed by atoms with van der Waals surface area (Å²) in [4.78, 5) is 30.4. The van der Waals surface area contributed by atoms with Crippen LogP contribution >= 0.6 is 0 Å². The van der Waals surface area contributed by atoms with Crippen molar-refractivity contribution in [2.24, 2.45) is 0 Å². The van der Waals surface area contributed by atoms with Crippen LogP contribution in [0.15, 0.2) is 77.6 Å². The number of carbonyl (C=O) groups is 1. The smallest absolute Gasteiger partial charge is 0.337 e. The topological polar surface area (TPSA) is 86.2 Å². The van der Waals surface area contributed by atoms with E-state index < -0.39 is 5.97 Å². The van der Waals surface area contributed by atoms with Crippen LogP contribution in [0.4, 0.5) is 0 Å². The van der Waals surface area contributed by atoms with Crippen molar-refractivity contribution >= 4 is 27.8 Å². The molecular weight excluding hydrogens is 406 g/mol. The number of para-hydroxylation sites is 1. The summed E-state index contributed by atoms with van der Waals surface area (Å²) in [5.41, 5.74) is 3.44. The third kappa shape index (κ3) is 3.11. The van der Waals surface area contributed by atoms with Crippen LogP contribution in [-0.4, -0.2) is 35.0 Å². The van der Waals surface area contributed by atoms with Gasteiger partial charge >= 0.3 is 5.97 Å². The summed E-state index contributed by atoms with van der Waals surface area (Å²) < 4.78 is 11.5. The Balaban J connectivity index is 1.81. The van der Waals surface area contributed by atoms with Gasteiger partial charge in [-0.15, -0.1) is 0 Å². The minimum Gasteiger partial charge on any atom is -0.497 e. The molecule has 0 atom stereocenters. The zero-order valence-corrected chi connectivity index (χ0v) is 17.5. The molecule has 0 saturated heterocycles. The minimum absolute atomic E-state index is 0.258. The molecule has 7 heteroatoms. The van der Waals surface area contributed by atoms with E-state index in [4.69, 9.17) is 14.5 Å². The van der Waals surface area contributed by atoms with Gasteiger partial charge < -0.3 is 9.47 Å². The maximum Gasteiger partial charge on any atom is 0.337 e. The number of carbonyl (C=O) groups excluding carboxylic acids is 1. The Labute approximate surface area is 182 Å². The lowest BCUT2D eigenvalue weighted by atomic mass is 10.0. The number of hydrogen-bond donors (Lipinski definition) is 1. The molecule has 0 unspecified atom stereocenters. The summed E-state index contributed by atoms with van der Waals surface area (Å²) in [6.45, 7) is 0. The van der Waals surface area contributed by atoms with Crippen molar-refractivity contribution in [3.8, 4) is 22.7 Å². The molecule has 5 rings (SSSR count). The van der Waals surface area contributed by atoms with Gasteiger partial charge in [0, 0.05) is 10.9 Å². The van der Waals surface area contributed by atoms with Crippen LogP contribution in [0.1, 0.15) is 10.4 Å². The second kappa shape index (κ2) is 7.70. The van der Waals surface area contributed by atoms with Crippen LogP contribution in [0.25, 0.3) is 38.8 Å². The lowest BCUT2D eigenvalue weighted by molar-refractivity contribution is 0.0600. The first-order chi connectivity index (χ1) is 15.6. The number of aromatic amines is 1. The third-order valence-corrected chi connectivity index (χ3v) is 5.42. The summed E-state index contributed by atoms with van der Waals surface area (Å²) in [5.74, 6) is 0.249. The summed E-state index contributed by atoms with van der Waals surface area (Å²) in [7, 11) is 2.93. The number of rotatable bonds is 4. The number of fused-ring (bicyclic) bond motifs is 3. The highest BCUT2D eigenvalue weighted by molar-refractivity contribution is 6.08. The predicted octanol–water partition coefficient (Wildman–Crippen LogP) is 4.33. The average molecular weight is 425 g/mol. The van der Waals surface area contributed by atoms with Crippen molar-refractivity contribution in [3.05, 3.63) is 88.7 Å². The van der Waals surface area contributed by atoms with E-state index in [1.165, 1.54) is 11.8 Å². The highest BCUT2D eigenvalue weighted by Crippen LogP contribution is 2.31. The fourth-order valence-corrected chi connectivity index (χ4v) is 3.84. The Morgan fingerprint density at radius 2 is 1.75 bits per heavy atom. The van der Waals surface area contributed by atoms with E-state index in [9.17, 15) is 9.59 Å². The SMILES string of the molecule is COC(=O)c1cccc(-n2[nH]c3c(c(-c4ccc(OC)cc4)nc4ccccc43)c2=O)c1. The Hall–Kier alpha value is -4.39. The number of pyridine rings is 1. The van der Waals surface area contributed by atoms with Crippen molar-refractivity contribution < 1.29 is 14.3 Å². The van der Waals surface area contributed by atoms with Gasteiger partial charge in [-0.25, -0.2) is 14.5 Å². The summed E-state index contributed by atoms with van der Waals surface area (Å²) in [5, 5.41) is 4.53. The lowest BCUT2D eigenvalue weighted by Gasteiger charge is -2.06. The summed E-state index contributed by atoms with van der Waals surface area (Å²) in [6.07, 6.45) is 0. The van der Waals surface area contributed by atoms with Gasteiger partial charge in [0.15, 0.2) is 0 Å². The molecule has 1 N–H and O–H groups in total. The number of nitrogens with one attached hydrogen (secondary N) is 1. The molecule has 0 fully saturated rings. The first kappa shape index (κ1) is 19.6. The van der Waals surface area contributed by atoms with Crippen molar-refractivity contribution in [1.29, 1.82) is 0 Å². The second-order valence-electron chi connectivity index (χ2n) is 7.25. The maximum absolute atomic E-state index is 13.6. The number of ether oxygens (including phenoxy) is 2. The van der Waals surface area contributed by atoms with E-state index >= 15 is 0 Å². The van der Waals surface area contributed by atoms with E-state index in [-0.39, 0.29) is 5.56 Å². The standard InChI is InChI=1S/C25H19N3O4/c1-31-18-12-10-15(11-13-18)22-21-23(19-8-3-4-9-20(19)26-22)27-28(24(21)29)17-7-5-6-16(14-17)25(30)32-2/h3-14,27H,1-2H3. The molecule has 0 spiro atoms. The average Bonchev–Trinajstić information content (AvgIpc) is 3.20. The lowest BCUT2D eigenvalue weighted by Crippen LogP contribution is -2.15. The van der Waals surface area contributed by atoms with Gasteiger partial charge in [0.1, 0.15) is 5.75 Å². The molecule has 0 aliphatic carbocycles. The largest absolute Gasteiger partial charge is 0.497 e. The number of esters is 1. The van der Waals surface area contributed by atoms with Crippen LogP contribution < -0.4 is 10.3 Å². The highest BCUT2D eigenvalue weighted by Gasteiger charge is 2.19. The minimum atomic E-state index is -0.470. The number of aromatic nitrogens is 3. The zero-order valence-electron chi connectivity index (χ0n) is 17.5. The summed E-state index contributed by atoms with van der Waals surface area (Å²) in [6, 6.07) is 21.8. The molecular formula is C25H19N3O4.